The van der Waals surface area contributed by atoms with E-state index >= 15 is 0 Å². The third-order valence-corrected chi connectivity index (χ3v) is 7.52. The molecule has 10 nitrogen and oxygen atoms in total. The maximum Gasteiger partial charge on any atom is 0.345 e. The van der Waals surface area contributed by atoms with Crippen LogP contribution in [-0.4, -0.2) is 66.2 Å². The van der Waals surface area contributed by atoms with Gasteiger partial charge in [-0.3, -0.25) is 19.3 Å². The fourth-order valence-corrected chi connectivity index (χ4v) is 5.16. The fourth-order valence-electron chi connectivity index (χ4n) is 5.16. The van der Waals surface area contributed by atoms with Gasteiger partial charge < -0.3 is 15.3 Å². The average Bonchev–Trinajstić information content (AvgIpc) is 3.03. The number of benzene rings is 2. The first-order valence-electron chi connectivity index (χ1n) is 14.1. The highest BCUT2D eigenvalue weighted by Crippen LogP contribution is 2.34. The number of aliphatic carboxylic acids is 1. The summed E-state index contributed by atoms with van der Waals surface area (Å²) in [6, 6.07) is 13.8. The van der Waals surface area contributed by atoms with Crippen molar-refractivity contribution < 1.29 is 24.3 Å². The third kappa shape index (κ3) is 7.31. The van der Waals surface area contributed by atoms with Crippen LogP contribution < -0.4 is 15.1 Å². The number of Topliss-reactive ketones (excluding diaryl/α,β-unsaturated/α-hetero) is 1. The normalized spacial score (nSPS) is 16.0. The number of para-hydroxylation sites is 1. The third-order valence-electron chi connectivity index (χ3n) is 7.52. The zero-order valence-electron chi connectivity index (χ0n) is 24.2. The molecule has 10 heteroatoms. The van der Waals surface area contributed by atoms with Crippen LogP contribution in [0.2, 0.25) is 0 Å². The van der Waals surface area contributed by atoms with E-state index in [9.17, 15) is 19.2 Å². The highest BCUT2D eigenvalue weighted by Gasteiger charge is 2.36. The van der Waals surface area contributed by atoms with Crippen LogP contribution in [0.25, 0.3) is 0 Å². The molecule has 3 amide bonds. The molecule has 0 unspecified atom stereocenters. The number of urea groups is 1. The largest absolute Gasteiger partial charge is 0.480 e. The first-order valence-corrected chi connectivity index (χ1v) is 14.1. The number of likely N-dealkylation sites (N-methyl/N-ethyl adjacent to an activating group) is 1. The lowest BCUT2D eigenvalue weighted by atomic mass is 9.83. The summed E-state index contributed by atoms with van der Waals surface area (Å²) in [7, 11) is 1.65. The van der Waals surface area contributed by atoms with E-state index < -0.39 is 23.3 Å². The molecule has 0 atom stereocenters. The lowest BCUT2D eigenvalue weighted by molar-refractivity contribution is -0.135. The van der Waals surface area contributed by atoms with Gasteiger partial charge in [-0.05, 0) is 37.1 Å². The molecule has 0 saturated heterocycles. The van der Waals surface area contributed by atoms with E-state index in [2.05, 4.69) is 5.32 Å². The van der Waals surface area contributed by atoms with Gasteiger partial charge in [0.05, 0.1) is 17.9 Å². The van der Waals surface area contributed by atoms with E-state index in [0.717, 1.165) is 43.4 Å². The summed E-state index contributed by atoms with van der Waals surface area (Å²) in [5, 5.41) is 17.9. The SMILES string of the molecule is CN(CC(=O)O)c1cccc(NC(=O)CN2N=C(C3CCCCC3)c3ccccc3N(CC(=O)C(C)(C)C)C2=O)c1. The maximum atomic E-state index is 14.0. The van der Waals surface area contributed by atoms with Crippen LogP contribution in [0.5, 0.6) is 0 Å². The number of carboxylic acid groups (broad SMARTS) is 1. The zero-order valence-corrected chi connectivity index (χ0v) is 24.2. The Morgan fingerprint density at radius 1 is 1.02 bits per heavy atom. The molecule has 0 spiro atoms. The summed E-state index contributed by atoms with van der Waals surface area (Å²) in [4.78, 5) is 54.5. The first-order chi connectivity index (χ1) is 19.4. The highest BCUT2D eigenvalue weighted by atomic mass is 16.4. The minimum atomic E-state index is -0.969. The number of ketones is 1. The van der Waals surface area contributed by atoms with E-state index in [1.54, 1.807) is 36.2 Å². The molecule has 218 valence electrons. The number of carbonyl (C=O) groups excluding carboxylic acids is 3. The summed E-state index contributed by atoms with van der Waals surface area (Å²) >= 11 is 0. The molecule has 1 heterocycles. The smallest absolute Gasteiger partial charge is 0.345 e. The number of nitrogens with zero attached hydrogens (tertiary/aromatic N) is 4. The van der Waals surface area contributed by atoms with Crippen LogP contribution in [0.3, 0.4) is 0 Å². The second kappa shape index (κ2) is 12.5. The van der Waals surface area contributed by atoms with Crippen molar-refractivity contribution in [3.8, 4) is 0 Å². The van der Waals surface area contributed by atoms with Crippen molar-refractivity contribution in [2.24, 2.45) is 16.4 Å². The molecule has 1 aliphatic carbocycles. The number of carbonyl (C=O) groups is 4. The number of nitrogens with one attached hydrogen (secondary N) is 1. The summed E-state index contributed by atoms with van der Waals surface area (Å²) in [5.74, 6) is -1.39. The molecule has 1 aliphatic heterocycles. The number of hydrazone groups is 1. The molecule has 1 fully saturated rings. The Morgan fingerprint density at radius 3 is 2.41 bits per heavy atom. The monoisotopic (exact) mass is 561 g/mol. The van der Waals surface area contributed by atoms with Crippen molar-refractivity contribution in [1.29, 1.82) is 0 Å². The minimum absolute atomic E-state index is 0.103. The maximum absolute atomic E-state index is 14.0. The lowest BCUT2D eigenvalue weighted by Gasteiger charge is -2.28. The van der Waals surface area contributed by atoms with Gasteiger partial charge in [0.2, 0.25) is 5.91 Å². The van der Waals surface area contributed by atoms with Gasteiger partial charge in [-0.15, -0.1) is 0 Å². The zero-order chi connectivity index (χ0) is 29.7. The number of anilines is 3. The van der Waals surface area contributed by atoms with Gasteiger partial charge in [-0.2, -0.15) is 5.10 Å². The Kier molecular flexibility index (Phi) is 9.10. The van der Waals surface area contributed by atoms with Gasteiger partial charge in [-0.1, -0.05) is 64.3 Å². The lowest BCUT2D eigenvalue weighted by Crippen LogP contribution is -2.47. The highest BCUT2D eigenvalue weighted by molar-refractivity contribution is 6.13. The molecule has 4 rings (SSSR count). The molecule has 0 radical (unpaired) electrons. The van der Waals surface area contributed by atoms with Gasteiger partial charge in [0.25, 0.3) is 0 Å². The standard InChI is InChI=1S/C31H39N5O5/c1-31(2,3)26(37)18-35-25-16-9-8-15-24(25)29(21-11-6-5-7-12-21)33-36(30(35)41)19-27(38)32-22-13-10-14-23(17-22)34(4)20-28(39)40/h8-10,13-17,21H,5-7,11-12,18-20H2,1-4H3,(H,32,38)(H,39,40). The Labute approximate surface area is 241 Å². The van der Waals surface area contributed by atoms with Crippen molar-refractivity contribution >= 4 is 46.5 Å². The second-order valence-electron chi connectivity index (χ2n) is 11.8. The van der Waals surface area contributed by atoms with Crippen LogP contribution in [0.15, 0.2) is 53.6 Å². The fraction of sp³-hybridized carbons (Fsp3) is 0.452. The molecule has 0 aromatic heterocycles. The number of carboxylic acids is 1. The van der Waals surface area contributed by atoms with Gasteiger partial charge in [0, 0.05) is 35.3 Å². The van der Waals surface area contributed by atoms with Gasteiger partial charge in [-0.25, -0.2) is 9.80 Å². The predicted molar refractivity (Wildman–Crippen MR) is 159 cm³/mol. The molecule has 2 aromatic carbocycles. The number of rotatable bonds is 9. The van der Waals surface area contributed by atoms with Crippen LogP contribution >= 0.6 is 0 Å². The van der Waals surface area contributed by atoms with E-state index in [1.807, 2.05) is 45.0 Å². The number of amides is 3. The summed E-state index contributed by atoms with van der Waals surface area (Å²) in [6.45, 7) is 4.78. The molecular weight excluding hydrogens is 522 g/mol. The number of hydrogen-bond donors (Lipinski definition) is 2. The Bertz CT molecular complexity index is 1340. The van der Waals surface area contributed by atoms with Crippen molar-refractivity contribution in [2.75, 3.05) is 41.8 Å². The van der Waals surface area contributed by atoms with E-state index in [0.29, 0.717) is 17.1 Å². The van der Waals surface area contributed by atoms with Crippen LogP contribution in [0, 0.1) is 11.3 Å². The van der Waals surface area contributed by atoms with Crippen LogP contribution in [-0.2, 0) is 14.4 Å². The van der Waals surface area contributed by atoms with Gasteiger partial charge >= 0.3 is 12.0 Å². The molecule has 2 aliphatic rings. The van der Waals surface area contributed by atoms with E-state index in [4.69, 9.17) is 10.2 Å². The molecule has 41 heavy (non-hydrogen) atoms. The van der Waals surface area contributed by atoms with Gasteiger partial charge in [0.1, 0.15) is 13.1 Å². The molecule has 2 aromatic rings. The summed E-state index contributed by atoms with van der Waals surface area (Å²) in [5.41, 5.74) is 2.63. The Balaban J connectivity index is 1.65. The number of fused-ring (bicyclic) bond motifs is 1. The van der Waals surface area contributed by atoms with Crippen molar-refractivity contribution in [1.82, 2.24) is 5.01 Å². The molecule has 0 bridgehead atoms. The van der Waals surface area contributed by atoms with E-state index in [-0.39, 0.29) is 31.3 Å². The average molecular weight is 562 g/mol. The Hall–Kier alpha value is -4.21. The van der Waals surface area contributed by atoms with Crippen LogP contribution in [0.1, 0.15) is 58.4 Å². The first kappa shape index (κ1) is 29.8. The van der Waals surface area contributed by atoms with Gasteiger partial charge in [0.15, 0.2) is 5.78 Å². The minimum Gasteiger partial charge on any atom is -0.480 e. The second-order valence-corrected chi connectivity index (χ2v) is 11.8. The van der Waals surface area contributed by atoms with E-state index in [1.165, 1.54) is 9.91 Å². The molecular formula is C31H39N5O5. The number of hydrogen-bond acceptors (Lipinski definition) is 6. The summed E-state index contributed by atoms with van der Waals surface area (Å²) in [6.07, 6.45) is 5.18. The molecule has 1 saturated carbocycles. The summed E-state index contributed by atoms with van der Waals surface area (Å²) < 4.78 is 0. The quantitative estimate of drug-likeness (QED) is 0.445. The van der Waals surface area contributed by atoms with Crippen LogP contribution in [0.4, 0.5) is 21.9 Å². The topological polar surface area (TPSA) is 123 Å². The van der Waals surface area contributed by atoms with Crippen molar-refractivity contribution in [3.05, 3.63) is 54.1 Å². The van der Waals surface area contributed by atoms with Crippen molar-refractivity contribution in [2.45, 2.75) is 52.9 Å². The Morgan fingerprint density at radius 2 is 1.73 bits per heavy atom. The predicted octanol–water partition coefficient (Wildman–Crippen LogP) is 4.99. The molecule has 2 N–H and O–H groups in total. The van der Waals surface area contributed by atoms with Crippen molar-refractivity contribution in [3.63, 3.8) is 0 Å².